The van der Waals surface area contributed by atoms with E-state index in [9.17, 15) is 0 Å². The summed E-state index contributed by atoms with van der Waals surface area (Å²) in [6.07, 6.45) is 2.25. The van der Waals surface area contributed by atoms with Gasteiger partial charge in [0.1, 0.15) is 11.6 Å². The number of rotatable bonds is 3. The second kappa shape index (κ2) is 8.39. The maximum Gasteiger partial charge on any atom is 0.414 e. The van der Waals surface area contributed by atoms with E-state index in [0.29, 0.717) is 0 Å². The van der Waals surface area contributed by atoms with Crippen molar-refractivity contribution in [2.24, 2.45) is 0 Å². The Bertz CT molecular complexity index is 966. The summed E-state index contributed by atoms with van der Waals surface area (Å²) in [4.78, 5) is 23.1. The van der Waals surface area contributed by atoms with Crippen LogP contribution in [0.1, 0.15) is 12.2 Å². The van der Waals surface area contributed by atoms with E-state index in [4.69, 9.17) is 29.5 Å². The van der Waals surface area contributed by atoms with E-state index >= 15 is 0 Å². The fourth-order valence-corrected chi connectivity index (χ4v) is 3.16. The second-order valence-electron chi connectivity index (χ2n) is 6.19. The molecule has 0 unspecified atom stereocenters. The average molecular weight is 380 g/mol. The standard InChI is InChI=1S/C19H18N2O.C2H2O4/c1-22-16-11-9-15(10-12-16)19-18(14-6-3-2-4-7-14)20-17-8-5-13-21(17)19;3-1(4)2(5)6/h2-4,6-7,9-12H,5,8,13H2,1H3;(H,3,4)(H,5,6). The van der Waals surface area contributed by atoms with Crippen molar-refractivity contribution < 1.29 is 24.5 Å². The van der Waals surface area contributed by atoms with E-state index < -0.39 is 11.9 Å². The first kappa shape index (κ1) is 19.2. The van der Waals surface area contributed by atoms with Crippen LogP contribution in [0.3, 0.4) is 0 Å². The van der Waals surface area contributed by atoms with E-state index in [-0.39, 0.29) is 0 Å². The highest BCUT2D eigenvalue weighted by molar-refractivity contribution is 6.27. The Kier molecular flexibility index (Phi) is 5.74. The summed E-state index contributed by atoms with van der Waals surface area (Å²) in [5, 5.41) is 14.8. The molecule has 0 amide bonds. The molecule has 0 saturated heterocycles. The number of imidazole rings is 1. The number of ether oxygens (including phenoxy) is 1. The molecule has 0 aliphatic carbocycles. The lowest BCUT2D eigenvalue weighted by molar-refractivity contribution is -0.159. The van der Waals surface area contributed by atoms with Crippen molar-refractivity contribution >= 4 is 11.9 Å². The van der Waals surface area contributed by atoms with Gasteiger partial charge in [-0.1, -0.05) is 30.3 Å². The van der Waals surface area contributed by atoms with Crippen molar-refractivity contribution in [2.45, 2.75) is 19.4 Å². The quantitative estimate of drug-likeness (QED) is 0.676. The van der Waals surface area contributed by atoms with Gasteiger partial charge in [0, 0.05) is 24.1 Å². The molecule has 0 spiro atoms. The molecule has 3 aromatic rings. The molecule has 0 bridgehead atoms. The van der Waals surface area contributed by atoms with Crippen molar-refractivity contribution in [3.63, 3.8) is 0 Å². The molecule has 1 aromatic heterocycles. The number of hydrogen-bond acceptors (Lipinski definition) is 4. The largest absolute Gasteiger partial charge is 0.497 e. The number of carboxylic acid groups (broad SMARTS) is 2. The number of aliphatic carboxylic acids is 2. The summed E-state index contributed by atoms with van der Waals surface area (Å²) in [7, 11) is 1.70. The second-order valence-corrected chi connectivity index (χ2v) is 6.19. The number of benzene rings is 2. The highest BCUT2D eigenvalue weighted by Crippen LogP contribution is 2.36. The zero-order valence-electron chi connectivity index (χ0n) is 15.3. The lowest BCUT2D eigenvalue weighted by atomic mass is 10.0. The maximum absolute atomic E-state index is 9.10. The molecule has 0 radical (unpaired) electrons. The van der Waals surface area contributed by atoms with Crippen LogP contribution in [0, 0.1) is 0 Å². The normalized spacial score (nSPS) is 11.9. The van der Waals surface area contributed by atoms with Crippen molar-refractivity contribution in [3.8, 4) is 28.3 Å². The number of methoxy groups -OCH3 is 1. The lowest BCUT2D eigenvalue weighted by Crippen LogP contribution is -2.09. The molecule has 1 aliphatic rings. The van der Waals surface area contributed by atoms with Crippen molar-refractivity contribution in [2.75, 3.05) is 7.11 Å². The topological polar surface area (TPSA) is 102 Å². The minimum atomic E-state index is -1.82. The summed E-state index contributed by atoms with van der Waals surface area (Å²) in [5.74, 6) is -1.57. The van der Waals surface area contributed by atoms with Crippen LogP contribution >= 0.6 is 0 Å². The van der Waals surface area contributed by atoms with E-state index in [1.54, 1.807) is 7.11 Å². The SMILES string of the molecule is COc1ccc(-c2c(-c3ccccc3)nc3n2CCC3)cc1.O=C(O)C(=O)O. The third-order valence-corrected chi connectivity index (χ3v) is 4.42. The monoisotopic (exact) mass is 380 g/mol. The Balaban J connectivity index is 0.000000330. The van der Waals surface area contributed by atoms with Gasteiger partial charge in [-0.05, 0) is 30.7 Å². The molecule has 28 heavy (non-hydrogen) atoms. The fraction of sp³-hybridized carbons (Fsp3) is 0.190. The van der Waals surface area contributed by atoms with Crippen LogP contribution in [0.25, 0.3) is 22.5 Å². The average Bonchev–Trinajstić information content (AvgIpc) is 3.30. The van der Waals surface area contributed by atoms with E-state index in [1.165, 1.54) is 29.1 Å². The predicted octanol–water partition coefficient (Wildman–Crippen LogP) is 3.33. The zero-order chi connectivity index (χ0) is 20.1. The molecule has 0 saturated carbocycles. The molecule has 2 heterocycles. The minimum Gasteiger partial charge on any atom is -0.497 e. The van der Waals surface area contributed by atoms with Crippen LogP contribution in [0.4, 0.5) is 0 Å². The summed E-state index contributed by atoms with van der Waals surface area (Å²) < 4.78 is 7.64. The molecule has 7 nitrogen and oxygen atoms in total. The Labute approximate surface area is 161 Å². The van der Waals surface area contributed by atoms with Gasteiger partial charge in [0.15, 0.2) is 0 Å². The molecular formula is C21H20N2O5. The van der Waals surface area contributed by atoms with Crippen LogP contribution in [0.15, 0.2) is 54.6 Å². The van der Waals surface area contributed by atoms with Gasteiger partial charge in [0.05, 0.1) is 18.5 Å². The van der Waals surface area contributed by atoms with Crippen molar-refractivity contribution in [1.82, 2.24) is 9.55 Å². The van der Waals surface area contributed by atoms with Crippen molar-refractivity contribution in [3.05, 3.63) is 60.4 Å². The molecule has 2 aromatic carbocycles. The van der Waals surface area contributed by atoms with Gasteiger partial charge in [-0.3, -0.25) is 0 Å². The Morgan fingerprint density at radius 3 is 2.18 bits per heavy atom. The van der Waals surface area contributed by atoms with E-state index in [1.807, 2.05) is 18.2 Å². The molecule has 144 valence electrons. The van der Waals surface area contributed by atoms with Crippen LogP contribution < -0.4 is 4.74 Å². The first-order valence-corrected chi connectivity index (χ1v) is 8.76. The van der Waals surface area contributed by atoms with Gasteiger partial charge in [0.25, 0.3) is 0 Å². The third kappa shape index (κ3) is 4.03. The number of nitrogens with zero attached hydrogens (tertiary/aromatic N) is 2. The van der Waals surface area contributed by atoms with Crippen LogP contribution in [-0.4, -0.2) is 38.8 Å². The first-order chi connectivity index (χ1) is 13.5. The van der Waals surface area contributed by atoms with Crippen LogP contribution in [0.2, 0.25) is 0 Å². The zero-order valence-corrected chi connectivity index (χ0v) is 15.3. The van der Waals surface area contributed by atoms with Crippen LogP contribution in [-0.2, 0) is 22.6 Å². The van der Waals surface area contributed by atoms with Gasteiger partial charge in [-0.15, -0.1) is 0 Å². The molecule has 0 fully saturated rings. The van der Waals surface area contributed by atoms with Gasteiger partial charge in [-0.2, -0.15) is 0 Å². The van der Waals surface area contributed by atoms with Gasteiger partial charge in [-0.25, -0.2) is 14.6 Å². The Hall–Kier alpha value is -3.61. The minimum absolute atomic E-state index is 0.881. The molecule has 2 N–H and O–H groups in total. The number of carbonyl (C=O) groups is 2. The highest BCUT2D eigenvalue weighted by atomic mass is 16.5. The molecule has 7 heteroatoms. The highest BCUT2D eigenvalue weighted by Gasteiger charge is 2.22. The number of carboxylic acids is 2. The van der Waals surface area contributed by atoms with E-state index in [0.717, 1.165) is 24.4 Å². The van der Waals surface area contributed by atoms with Gasteiger partial charge < -0.3 is 19.5 Å². The maximum atomic E-state index is 9.10. The Morgan fingerprint density at radius 2 is 1.61 bits per heavy atom. The summed E-state index contributed by atoms with van der Waals surface area (Å²) >= 11 is 0. The first-order valence-electron chi connectivity index (χ1n) is 8.76. The van der Waals surface area contributed by atoms with Gasteiger partial charge in [0.2, 0.25) is 0 Å². The predicted molar refractivity (Wildman–Crippen MR) is 103 cm³/mol. The van der Waals surface area contributed by atoms with E-state index in [2.05, 4.69) is 41.0 Å². The lowest BCUT2D eigenvalue weighted by Gasteiger charge is -2.09. The molecular weight excluding hydrogens is 360 g/mol. The van der Waals surface area contributed by atoms with Crippen LogP contribution in [0.5, 0.6) is 5.75 Å². The summed E-state index contributed by atoms with van der Waals surface area (Å²) in [5.41, 5.74) is 4.68. The summed E-state index contributed by atoms with van der Waals surface area (Å²) in [6, 6.07) is 18.7. The number of aromatic nitrogens is 2. The van der Waals surface area contributed by atoms with Crippen molar-refractivity contribution in [1.29, 1.82) is 0 Å². The molecule has 1 aliphatic heterocycles. The fourth-order valence-electron chi connectivity index (χ4n) is 3.16. The number of aryl methyl sites for hydroxylation is 1. The molecule has 4 rings (SSSR count). The Morgan fingerprint density at radius 1 is 0.964 bits per heavy atom. The smallest absolute Gasteiger partial charge is 0.414 e. The third-order valence-electron chi connectivity index (χ3n) is 4.42. The summed E-state index contributed by atoms with van der Waals surface area (Å²) in [6.45, 7) is 1.05. The number of hydrogen-bond donors (Lipinski definition) is 2. The van der Waals surface area contributed by atoms with Gasteiger partial charge >= 0.3 is 11.9 Å². The molecule has 0 atom stereocenters. The number of fused-ring (bicyclic) bond motifs is 1.